The van der Waals surface area contributed by atoms with Gasteiger partial charge in [0.15, 0.2) is 0 Å². The highest BCUT2D eigenvalue weighted by atomic mass is 79.9. The average molecular weight is 283 g/mol. The molecule has 0 aliphatic carbocycles. The normalized spacial score (nSPS) is 10.8. The van der Waals surface area contributed by atoms with Gasteiger partial charge in [0.2, 0.25) is 0 Å². The third kappa shape index (κ3) is 1.67. The van der Waals surface area contributed by atoms with E-state index < -0.39 is 0 Å². The maximum absolute atomic E-state index is 13.6. The van der Waals surface area contributed by atoms with Crippen LogP contribution in [0.5, 0.6) is 0 Å². The molecule has 0 aliphatic rings. The van der Waals surface area contributed by atoms with Gasteiger partial charge in [-0.15, -0.1) is 0 Å². The van der Waals surface area contributed by atoms with Gasteiger partial charge in [-0.3, -0.25) is 4.98 Å². The summed E-state index contributed by atoms with van der Waals surface area (Å²) in [5.41, 5.74) is 3.48. The lowest BCUT2D eigenvalue weighted by molar-refractivity contribution is 0.622. The summed E-state index contributed by atoms with van der Waals surface area (Å²) in [7, 11) is 1.82. The van der Waals surface area contributed by atoms with E-state index in [4.69, 9.17) is 0 Å². The van der Waals surface area contributed by atoms with E-state index in [9.17, 15) is 4.39 Å². The fraction of sp³-hybridized carbons (Fsp3) is 0.250. The average Bonchev–Trinajstić information content (AvgIpc) is 2.25. The van der Waals surface area contributed by atoms with Crippen LogP contribution in [-0.2, 0) is 0 Å². The largest absolute Gasteiger partial charge is 0.387 e. The van der Waals surface area contributed by atoms with Gasteiger partial charge >= 0.3 is 0 Å². The van der Waals surface area contributed by atoms with Crippen LogP contribution in [0.15, 0.2) is 16.6 Å². The van der Waals surface area contributed by atoms with Crippen LogP contribution in [-0.4, -0.2) is 12.0 Å². The number of halogens is 2. The Balaban J connectivity index is 2.99. The van der Waals surface area contributed by atoms with Gasteiger partial charge in [-0.1, -0.05) is 0 Å². The first-order valence-corrected chi connectivity index (χ1v) is 5.77. The van der Waals surface area contributed by atoms with Crippen molar-refractivity contribution >= 4 is 32.5 Å². The second kappa shape index (κ2) is 4.01. The second-order valence-corrected chi connectivity index (χ2v) is 4.57. The molecule has 0 fully saturated rings. The van der Waals surface area contributed by atoms with Crippen molar-refractivity contribution in [3.05, 3.63) is 33.7 Å². The Labute approximate surface area is 102 Å². The van der Waals surface area contributed by atoms with Crippen molar-refractivity contribution in [3.8, 4) is 0 Å². The number of anilines is 1. The summed E-state index contributed by atoms with van der Waals surface area (Å²) in [6.07, 6.45) is 0. The van der Waals surface area contributed by atoms with E-state index in [0.717, 1.165) is 27.8 Å². The highest BCUT2D eigenvalue weighted by Crippen LogP contribution is 2.34. The summed E-state index contributed by atoms with van der Waals surface area (Å²) in [4.78, 5) is 4.45. The van der Waals surface area contributed by atoms with E-state index in [2.05, 4.69) is 26.2 Å². The Morgan fingerprint density at radius 2 is 2.00 bits per heavy atom. The van der Waals surface area contributed by atoms with Crippen LogP contribution >= 0.6 is 15.9 Å². The number of hydrogen-bond acceptors (Lipinski definition) is 2. The zero-order chi connectivity index (χ0) is 11.9. The molecule has 2 rings (SSSR count). The molecule has 84 valence electrons. The minimum atomic E-state index is -0.257. The molecule has 0 radical (unpaired) electrons. The molecule has 0 aliphatic heterocycles. The molecule has 1 aromatic heterocycles. The first-order valence-electron chi connectivity index (χ1n) is 4.98. The van der Waals surface area contributed by atoms with E-state index in [0.29, 0.717) is 4.47 Å². The number of nitrogens with one attached hydrogen (secondary N) is 1. The van der Waals surface area contributed by atoms with Gasteiger partial charge in [-0.05, 0) is 47.5 Å². The number of pyridine rings is 1. The molecule has 1 heterocycles. The molecule has 0 saturated carbocycles. The van der Waals surface area contributed by atoms with E-state index in [-0.39, 0.29) is 5.82 Å². The minimum absolute atomic E-state index is 0.257. The molecular formula is C12H12BrFN2. The SMILES string of the molecule is CNc1cc(C)nc2c(C)cc(F)c(Br)c12. The fourth-order valence-electron chi connectivity index (χ4n) is 1.82. The Morgan fingerprint density at radius 3 is 2.62 bits per heavy atom. The number of rotatable bonds is 1. The van der Waals surface area contributed by atoms with Crippen molar-refractivity contribution < 1.29 is 4.39 Å². The molecule has 2 aromatic rings. The van der Waals surface area contributed by atoms with E-state index >= 15 is 0 Å². The predicted octanol–water partition coefficient (Wildman–Crippen LogP) is 3.79. The quantitative estimate of drug-likeness (QED) is 0.861. The topological polar surface area (TPSA) is 24.9 Å². The van der Waals surface area contributed by atoms with E-state index in [1.54, 1.807) is 0 Å². The third-order valence-corrected chi connectivity index (χ3v) is 3.34. The Kier molecular flexibility index (Phi) is 2.84. The lowest BCUT2D eigenvalue weighted by Gasteiger charge is -2.11. The first kappa shape index (κ1) is 11.3. The summed E-state index contributed by atoms with van der Waals surface area (Å²) in [6.45, 7) is 3.79. The summed E-state index contributed by atoms with van der Waals surface area (Å²) in [6, 6.07) is 3.41. The van der Waals surface area contributed by atoms with Crippen molar-refractivity contribution in [2.24, 2.45) is 0 Å². The van der Waals surface area contributed by atoms with Crippen LogP contribution in [0.3, 0.4) is 0 Å². The Morgan fingerprint density at radius 1 is 1.31 bits per heavy atom. The van der Waals surface area contributed by atoms with Crippen LogP contribution in [0.4, 0.5) is 10.1 Å². The zero-order valence-electron chi connectivity index (χ0n) is 9.36. The van der Waals surface area contributed by atoms with Crippen molar-refractivity contribution in [1.29, 1.82) is 0 Å². The molecular weight excluding hydrogens is 271 g/mol. The maximum Gasteiger partial charge on any atom is 0.138 e. The highest BCUT2D eigenvalue weighted by Gasteiger charge is 2.13. The monoisotopic (exact) mass is 282 g/mol. The minimum Gasteiger partial charge on any atom is -0.387 e. The summed E-state index contributed by atoms with van der Waals surface area (Å²) < 4.78 is 14.1. The van der Waals surface area contributed by atoms with Gasteiger partial charge in [0, 0.05) is 23.8 Å². The summed E-state index contributed by atoms with van der Waals surface area (Å²) in [5.74, 6) is -0.257. The lowest BCUT2D eigenvalue weighted by atomic mass is 10.1. The number of aryl methyl sites for hydroxylation is 2. The van der Waals surface area contributed by atoms with E-state index in [1.807, 2.05) is 27.0 Å². The number of benzene rings is 1. The second-order valence-electron chi connectivity index (χ2n) is 3.77. The molecule has 0 saturated heterocycles. The van der Waals surface area contributed by atoms with Crippen molar-refractivity contribution in [2.45, 2.75) is 13.8 Å². The molecule has 0 bridgehead atoms. The van der Waals surface area contributed by atoms with Gasteiger partial charge in [-0.2, -0.15) is 0 Å². The van der Waals surface area contributed by atoms with Gasteiger partial charge in [0.25, 0.3) is 0 Å². The maximum atomic E-state index is 13.6. The van der Waals surface area contributed by atoms with Gasteiger partial charge in [-0.25, -0.2) is 4.39 Å². The number of fused-ring (bicyclic) bond motifs is 1. The molecule has 1 aromatic carbocycles. The van der Waals surface area contributed by atoms with Crippen LogP contribution < -0.4 is 5.32 Å². The number of nitrogens with zero attached hydrogens (tertiary/aromatic N) is 1. The lowest BCUT2D eigenvalue weighted by Crippen LogP contribution is -1.97. The summed E-state index contributed by atoms with van der Waals surface area (Å²) in [5, 5.41) is 3.87. The fourth-order valence-corrected chi connectivity index (χ4v) is 2.33. The molecule has 4 heteroatoms. The molecule has 2 nitrogen and oxygen atoms in total. The van der Waals surface area contributed by atoms with Gasteiger partial charge in [0.1, 0.15) is 5.82 Å². The smallest absolute Gasteiger partial charge is 0.138 e. The zero-order valence-corrected chi connectivity index (χ0v) is 10.9. The first-order chi connectivity index (χ1) is 7.54. The van der Waals surface area contributed by atoms with E-state index in [1.165, 1.54) is 6.07 Å². The van der Waals surface area contributed by atoms with Crippen molar-refractivity contribution in [3.63, 3.8) is 0 Å². The van der Waals surface area contributed by atoms with Crippen LogP contribution in [0.1, 0.15) is 11.3 Å². The molecule has 0 amide bonds. The predicted molar refractivity (Wildman–Crippen MR) is 68.4 cm³/mol. The van der Waals surface area contributed by atoms with Crippen molar-refractivity contribution in [1.82, 2.24) is 4.98 Å². The van der Waals surface area contributed by atoms with Gasteiger partial charge < -0.3 is 5.32 Å². The molecule has 0 unspecified atom stereocenters. The van der Waals surface area contributed by atoms with Crippen LogP contribution in [0.25, 0.3) is 10.9 Å². The van der Waals surface area contributed by atoms with Crippen LogP contribution in [0, 0.1) is 19.7 Å². The van der Waals surface area contributed by atoms with Crippen molar-refractivity contribution in [2.75, 3.05) is 12.4 Å². The molecule has 1 N–H and O–H groups in total. The van der Waals surface area contributed by atoms with Gasteiger partial charge in [0.05, 0.1) is 9.99 Å². The highest BCUT2D eigenvalue weighted by molar-refractivity contribution is 9.10. The molecule has 0 spiro atoms. The number of hydrogen-bond donors (Lipinski definition) is 1. The molecule has 0 atom stereocenters. The molecule has 16 heavy (non-hydrogen) atoms. The Bertz CT molecular complexity index is 567. The third-order valence-electron chi connectivity index (χ3n) is 2.56. The number of aromatic nitrogens is 1. The standard InChI is InChI=1S/C12H12BrFN2/c1-6-4-8(14)11(13)10-9(15-3)5-7(2)16-12(6)10/h4-5H,1-3H3,(H,15,16). The Hall–Kier alpha value is -1.16. The summed E-state index contributed by atoms with van der Waals surface area (Å²) >= 11 is 3.28. The van der Waals surface area contributed by atoms with Crippen LogP contribution in [0.2, 0.25) is 0 Å².